The summed E-state index contributed by atoms with van der Waals surface area (Å²) in [7, 11) is -2.04. The van der Waals surface area contributed by atoms with Gasteiger partial charge in [-0.3, -0.25) is 0 Å². The van der Waals surface area contributed by atoms with Gasteiger partial charge >= 0.3 is 0 Å². The van der Waals surface area contributed by atoms with Gasteiger partial charge in [-0.25, -0.2) is 8.42 Å². The van der Waals surface area contributed by atoms with E-state index in [1.807, 2.05) is 30.3 Å². The van der Waals surface area contributed by atoms with Crippen LogP contribution in [0.25, 0.3) is 11.4 Å². The number of benzene rings is 1. The quantitative estimate of drug-likeness (QED) is 0.716. The number of hydrogen-bond donors (Lipinski definition) is 0. The summed E-state index contributed by atoms with van der Waals surface area (Å²) >= 11 is 1.17. The van der Waals surface area contributed by atoms with Crippen molar-refractivity contribution in [2.24, 2.45) is 0 Å². The van der Waals surface area contributed by atoms with Crippen LogP contribution in [0.1, 0.15) is 5.89 Å². The Morgan fingerprint density at radius 2 is 1.95 bits per heavy atom. The van der Waals surface area contributed by atoms with Gasteiger partial charge in [-0.15, -0.1) is 11.3 Å². The molecule has 0 N–H and O–H groups in total. The van der Waals surface area contributed by atoms with E-state index >= 15 is 0 Å². The molecule has 6 nitrogen and oxygen atoms in total. The molecule has 114 valence electrons. The molecule has 0 aliphatic rings. The highest BCUT2D eigenvalue weighted by molar-refractivity contribution is 7.91. The summed E-state index contributed by atoms with van der Waals surface area (Å²) < 4.78 is 31.3. The Hall–Kier alpha value is -2.03. The fourth-order valence-corrected chi connectivity index (χ4v) is 4.18. The minimum atomic E-state index is -3.53. The molecule has 0 bridgehead atoms. The van der Waals surface area contributed by atoms with Crippen LogP contribution in [0.2, 0.25) is 0 Å². The number of nitrogens with zero attached hydrogens (tertiary/aromatic N) is 3. The molecular weight excluding hydrogens is 322 g/mol. The summed E-state index contributed by atoms with van der Waals surface area (Å²) in [5.41, 5.74) is 0.821. The maximum atomic E-state index is 12.3. The summed E-state index contributed by atoms with van der Waals surface area (Å²) in [6.45, 7) is 0.0278. The van der Waals surface area contributed by atoms with Gasteiger partial charge in [0.05, 0.1) is 6.54 Å². The molecule has 0 fully saturated rings. The lowest BCUT2D eigenvalue weighted by Crippen LogP contribution is -2.25. The van der Waals surface area contributed by atoms with E-state index < -0.39 is 10.0 Å². The van der Waals surface area contributed by atoms with E-state index in [4.69, 9.17) is 4.52 Å². The van der Waals surface area contributed by atoms with Crippen molar-refractivity contribution in [1.29, 1.82) is 0 Å². The molecule has 1 aromatic carbocycles. The Balaban J connectivity index is 1.78. The third kappa shape index (κ3) is 2.94. The minimum Gasteiger partial charge on any atom is -0.338 e. The van der Waals surface area contributed by atoms with Crippen LogP contribution in [-0.4, -0.2) is 29.9 Å². The van der Waals surface area contributed by atoms with Gasteiger partial charge in [-0.2, -0.15) is 9.29 Å². The predicted molar refractivity (Wildman–Crippen MR) is 82.7 cm³/mol. The molecule has 0 saturated heterocycles. The first-order valence-electron chi connectivity index (χ1n) is 6.45. The molecule has 2 aromatic heterocycles. The average Bonchev–Trinajstić information content (AvgIpc) is 3.20. The third-order valence-corrected chi connectivity index (χ3v) is 6.19. The monoisotopic (exact) mass is 335 g/mol. The highest BCUT2D eigenvalue weighted by Gasteiger charge is 2.24. The van der Waals surface area contributed by atoms with Crippen molar-refractivity contribution in [1.82, 2.24) is 14.4 Å². The van der Waals surface area contributed by atoms with Gasteiger partial charge < -0.3 is 4.52 Å². The van der Waals surface area contributed by atoms with E-state index in [1.54, 1.807) is 17.5 Å². The average molecular weight is 335 g/mol. The van der Waals surface area contributed by atoms with Crippen molar-refractivity contribution in [3.63, 3.8) is 0 Å². The molecule has 0 aliphatic heterocycles. The molecule has 0 aliphatic carbocycles. The molecule has 0 saturated carbocycles. The number of aromatic nitrogens is 2. The smallest absolute Gasteiger partial charge is 0.252 e. The zero-order valence-electron chi connectivity index (χ0n) is 11.7. The van der Waals surface area contributed by atoms with Gasteiger partial charge in [-0.1, -0.05) is 41.6 Å². The zero-order chi connectivity index (χ0) is 15.6. The van der Waals surface area contributed by atoms with Gasteiger partial charge in [-0.05, 0) is 11.4 Å². The van der Waals surface area contributed by atoms with Crippen LogP contribution in [-0.2, 0) is 16.6 Å². The summed E-state index contributed by atoms with van der Waals surface area (Å²) in [6, 6.07) is 12.6. The van der Waals surface area contributed by atoms with E-state index in [2.05, 4.69) is 10.1 Å². The molecule has 22 heavy (non-hydrogen) atoms. The molecule has 0 spiro atoms. The summed E-state index contributed by atoms with van der Waals surface area (Å²) in [5, 5.41) is 5.60. The van der Waals surface area contributed by atoms with Crippen LogP contribution in [0.5, 0.6) is 0 Å². The van der Waals surface area contributed by atoms with Gasteiger partial charge in [0.15, 0.2) is 0 Å². The first-order chi connectivity index (χ1) is 10.6. The zero-order valence-corrected chi connectivity index (χ0v) is 13.3. The number of hydrogen-bond acceptors (Lipinski definition) is 6. The largest absolute Gasteiger partial charge is 0.338 e. The fraction of sp³-hybridized carbons (Fsp3) is 0.143. The second-order valence-electron chi connectivity index (χ2n) is 4.57. The van der Waals surface area contributed by atoms with E-state index in [0.717, 1.165) is 5.56 Å². The molecule has 3 rings (SSSR count). The lowest BCUT2D eigenvalue weighted by atomic mass is 10.2. The molecule has 0 radical (unpaired) electrons. The highest BCUT2D eigenvalue weighted by atomic mass is 32.2. The predicted octanol–water partition coefficient (Wildman–Crippen LogP) is 2.62. The molecule has 2 heterocycles. The summed E-state index contributed by atoms with van der Waals surface area (Å²) in [5.74, 6) is 0.694. The molecule has 8 heteroatoms. The Labute approximate surface area is 132 Å². The molecule has 3 aromatic rings. The van der Waals surface area contributed by atoms with Crippen molar-refractivity contribution in [3.8, 4) is 11.4 Å². The molecular formula is C14H13N3O3S2. The minimum absolute atomic E-state index is 0.0278. The maximum Gasteiger partial charge on any atom is 0.252 e. The van der Waals surface area contributed by atoms with Crippen LogP contribution in [0, 0.1) is 0 Å². The SMILES string of the molecule is CN(Cc1nc(-c2ccccc2)no1)S(=O)(=O)c1cccs1. The van der Waals surface area contributed by atoms with Crippen molar-refractivity contribution in [2.75, 3.05) is 7.05 Å². The number of sulfonamides is 1. The maximum absolute atomic E-state index is 12.3. The standard InChI is InChI=1S/C14H13N3O3S2/c1-17(22(18,19)13-8-5-9-21-13)10-12-15-14(16-20-12)11-6-3-2-4-7-11/h2-9H,10H2,1H3. The first-order valence-corrected chi connectivity index (χ1v) is 8.77. The van der Waals surface area contributed by atoms with Gasteiger partial charge in [0, 0.05) is 12.6 Å². The second-order valence-corrected chi connectivity index (χ2v) is 7.79. The second kappa shape index (κ2) is 5.99. The lowest BCUT2D eigenvalue weighted by Gasteiger charge is -2.13. The van der Waals surface area contributed by atoms with Crippen LogP contribution in [0.4, 0.5) is 0 Å². The third-order valence-electron chi connectivity index (χ3n) is 3.02. The Kier molecular flexibility index (Phi) is 4.06. The Bertz CT molecular complexity index is 843. The summed E-state index contributed by atoms with van der Waals surface area (Å²) in [6.07, 6.45) is 0. The Morgan fingerprint density at radius 1 is 1.18 bits per heavy atom. The number of thiophene rings is 1. The van der Waals surface area contributed by atoms with Crippen LogP contribution >= 0.6 is 11.3 Å². The lowest BCUT2D eigenvalue weighted by molar-refractivity contribution is 0.337. The van der Waals surface area contributed by atoms with Gasteiger partial charge in [0.2, 0.25) is 11.7 Å². The van der Waals surface area contributed by atoms with Crippen molar-refractivity contribution >= 4 is 21.4 Å². The summed E-state index contributed by atoms with van der Waals surface area (Å²) in [4.78, 5) is 4.23. The van der Waals surface area contributed by atoms with E-state index in [0.29, 0.717) is 5.82 Å². The fourth-order valence-electron chi connectivity index (χ4n) is 1.86. The topological polar surface area (TPSA) is 76.3 Å². The highest BCUT2D eigenvalue weighted by Crippen LogP contribution is 2.22. The van der Waals surface area contributed by atoms with Crippen molar-refractivity contribution < 1.29 is 12.9 Å². The van der Waals surface area contributed by atoms with Crippen molar-refractivity contribution in [2.45, 2.75) is 10.8 Å². The number of rotatable bonds is 5. The first kappa shape index (κ1) is 14.9. The van der Waals surface area contributed by atoms with Crippen LogP contribution < -0.4 is 0 Å². The van der Waals surface area contributed by atoms with E-state index in [1.165, 1.54) is 22.7 Å². The normalized spacial score (nSPS) is 11.9. The van der Waals surface area contributed by atoms with E-state index in [9.17, 15) is 8.42 Å². The van der Waals surface area contributed by atoms with Gasteiger partial charge in [0.1, 0.15) is 4.21 Å². The molecule has 0 atom stereocenters. The molecule has 0 amide bonds. The Morgan fingerprint density at radius 3 is 2.64 bits per heavy atom. The van der Waals surface area contributed by atoms with E-state index in [-0.39, 0.29) is 16.6 Å². The molecule has 0 unspecified atom stereocenters. The van der Waals surface area contributed by atoms with Gasteiger partial charge in [0.25, 0.3) is 10.0 Å². The van der Waals surface area contributed by atoms with Crippen molar-refractivity contribution in [3.05, 3.63) is 53.7 Å². The van der Waals surface area contributed by atoms with Crippen LogP contribution in [0.3, 0.4) is 0 Å². The van der Waals surface area contributed by atoms with Crippen LogP contribution in [0.15, 0.2) is 56.6 Å².